The molecule has 2 N–H and O–H groups in total. The molecule has 44 heavy (non-hydrogen) atoms. The third-order valence-corrected chi connectivity index (χ3v) is 8.92. The molecule has 0 aromatic heterocycles. The van der Waals surface area contributed by atoms with E-state index in [1.807, 2.05) is 47.4 Å². The van der Waals surface area contributed by atoms with Crippen molar-refractivity contribution in [2.75, 3.05) is 32.7 Å². The lowest BCUT2D eigenvalue weighted by molar-refractivity contribution is -0.147. The Morgan fingerprint density at radius 1 is 0.773 bits per heavy atom. The van der Waals surface area contributed by atoms with E-state index in [4.69, 9.17) is 11.6 Å². The Morgan fingerprint density at radius 3 is 1.89 bits per heavy atom. The fourth-order valence-corrected chi connectivity index (χ4v) is 6.51. The third-order valence-electron chi connectivity index (χ3n) is 8.67. The predicted octanol–water partition coefficient (Wildman–Crippen LogP) is 5.73. The van der Waals surface area contributed by atoms with E-state index < -0.39 is 11.5 Å². The number of aliphatic carboxylic acids is 1. The molecule has 6 rings (SSSR count). The maximum absolute atomic E-state index is 13.7. The number of halogens is 3. The van der Waals surface area contributed by atoms with E-state index in [2.05, 4.69) is 10.2 Å². The van der Waals surface area contributed by atoms with Gasteiger partial charge in [0.15, 0.2) is 0 Å². The van der Waals surface area contributed by atoms with Crippen LogP contribution in [0.4, 0.5) is 8.78 Å². The Balaban J connectivity index is 1.10. The number of benzene rings is 4. The van der Waals surface area contributed by atoms with Crippen LogP contribution >= 0.6 is 11.6 Å². The molecule has 1 unspecified atom stereocenters. The molecule has 1 saturated heterocycles. The molecule has 6 nitrogen and oxygen atoms in total. The summed E-state index contributed by atoms with van der Waals surface area (Å²) >= 11 is 6.03. The molecule has 0 spiro atoms. The zero-order valence-corrected chi connectivity index (χ0v) is 24.7. The molecule has 1 atom stereocenters. The summed E-state index contributed by atoms with van der Waals surface area (Å²) in [6.07, 6.45) is 0.421. The molecular formula is C35H32ClF2N3O3. The van der Waals surface area contributed by atoms with Crippen LogP contribution in [0.2, 0.25) is 5.02 Å². The van der Waals surface area contributed by atoms with Crippen molar-refractivity contribution in [2.24, 2.45) is 0 Å². The molecule has 1 amide bonds. The standard InChI is InChI=1S/C35H32ClF2N3O3/c36-29-9-3-23(4-10-29)26-1-2-27-20-35(34(43)44,21-28(27)19-26)39-32(42)22-40-15-17-41(18-16-40)33(24-5-11-30(37)12-6-24)25-7-13-31(38)14-8-25/h1-14,19,33H,15-18,20-22H2,(H,39,42)(H,43,44). The van der Waals surface area contributed by atoms with Crippen molar-refractivity contribution in [3.05, 3.63) is 130 Å². The van der Waals surface area contributed by atoms with Gasteiger partial charge < -0.3 is 10.4 Å². The monoisotopic (exact) mass is 615 g/mol. The average Bonchev–Trinajstić information content (AvgIpc) is 3.39. The minimum absolute atomic E-state index is 0.0764. The van der Waals surface area contributed by atoms with Crippen molar-refractivity contribution >= 4 is 23.5 Å². The Hall–Kier alpha value is -4.11. The van der Waals surface area contributed by atoms with E-state index in [-0.39, 0.29) is 43.0 Å². The molecule has 0 saturated carbocycles. The van der Waals surface area contributed by atoms with Gasteiger partial charge in [-0.3, -0.25) is 14.6 Å². The lowest BCUT2D eigenvalue weighted by Crippen LogP contribution is -2.58. The van der Waals surface area contributed by atoms with Gasteiger partial charge in [-0.25, -0.2) is 13.6 Å². The smallest absolute Gasteiger partial charge is 0.330 e. The van der Waals surface area contributed by atoms with Crippen molar-refractivity contribution in [3.63, 3.8) is 0 Å². The first kappa shape index (κ1) is 29.9. The number of nitrogens with one attached hydrogen (secondary N) is 1. The van der Waals surface area contributed by atoms with E-state index in [0.29, 0.717) is 31.2 Å². The Labute approximate surface area is 259 Å². The van der Waals surface area contributed by atoms with Gasteiger partial charge in [0.25, 0.3) is 0 Å². The van der Waals surface area contributed by atoms with Crippen LogP contribution in [0.3, 0.4) is 0 Å². The normalized spacial score (nSPS) is 18.7. The molecule has 226 valence electrons. The SMILES string of the molecule is O=C(CN1CCN(C(c2ccc(F)cc2)c2ccc(F)cc2)CC1)NC1(C(=O)O)Cc2ccc(-c3ccc(Cl)cc3)cc2C1. The topological polar surface area (TPSA) is 72.9 Å². The first-order chi connectivity index (χ1) is 21.2. The van der Waals surface area contributed by atoms with Gasteiger partial charge in [0, 0.05) is 44.0 Å². The highest BCUT2D eigenvalue weighted by molar-refractivity contribution is 6.30. The number of carboxylic acids is 1. The number of hydrogen-bond donors (Lipinski definition) is 2. The summed E-state index contributed by atoms with van der Waals surface area (Å²) in [5.74, 6) is -2.04. The number of nitrogens with zero attached hydrogens (tertiary/aromatic N) is 2. The van der Waals surface area contributed by atoms with Gasteiger partial charge in [-0.15, -0.1) is 0 Å². The summed E-state index contributed by atoms with van der Waals surface area (Å²) in [5.41, 5.74) is 4.14. The van der Waals surface area contributed by atoms with Crippen LogP contribution in [-0.4, -0.2) is 65.0 Å². The summed E-state index contributed by atoms with van der Waals surface area (Å²) in [5, 5.41) is 13.8. The van der Waals surface area contributed by atoms with E-state index in [1.165, 1.54) is 24.3 Å². The molecule has 1 heterocycles. The zero-order chi connectivity index (χ0) is 30.8. The highest BCUT2D eigenvalue weighted by Gasteiger charge is 2.45. The van der Waals surface area contributed by atoms with Crippen molar-refractivity contribution in [1.29, 1.82) is 0 Å². The van der Waals surface area contributed by atoms with Crippen LogP contribution in [0.15, 0.2) is 91.0 Å². The van der Waals surface area contributed by atoms with Crippen LogP contribution in [0.5, 0.6) is 0 Å². The van der Waals surface area contributed by atoms with Gasteiger partial charge in [-0.05, 0) is 69.8 Å². The van der Waals surface area contributed by atoms with E-state index in [0.717, 1.165) is 33.4 Å². The first-order valence-electron chi connectivity index (χ1n) is 14.6. The quantitative estimate of drug-likeness (QED) is 0.265. The van der Waals surface area contributed by atoms with Gasteiger partial charge in [0.1, 0.15) is 17.2 Å². The van der Waals surface area contributed by atoms with Crippen molar-refractivity contribution < 1.29 is 23.5 Å². The van der Waals surface area contributed by atoms with Gasteiger partial charge in [0.2, 0.25) is 5.91 Å². The Kier molecular flexibility index (Phi) is 8.49. The number of carbonyl (C=O) groups is 2. The largest absolute Gasteiger partial charge is 0.479 e. The molecule has 0 bridgehead atoms. The van der Waals surface area contributed by atoms with Gasteiger partial charge >= 0.3 is 5.97 Å². The fourth-order valence-electron chi connectivity index (χ4n) is 6.38. The maximum Gasteiger partial charge on any atom is 0.330 e. The van der Waals surface area contributed by atoms with Crippen LogP contribution < -0.4 is 5.32 Å². The van der Waals surface area contributed by atoms with Crippen LogP contribution in [0.1, 0.15) is 28.3 Å². The second kappa shape index (κ2) is 12.5. The number of amides is 1. The van der Waals surface area contributed by atoms with Crippen LogP contribution in [0.25, 0.3) is 11.1 Å². The summed E-state index contributed by atoms with van der Waals surface area (Å²) < 4.78 is 27.3. The third kappa shape index (κ3) is 6.38. The summed E-state index contributed by atoms with van der Waals surface area (Å²) in [6, 6.07) is 25.8. The van der Waals surface area contributed by atoms with Crippen LogP contribution in [-0.2, 0) is 22.4 Å². The van der Waals surface area contributed by atoms with E-state index in [9.17, 15) is 23.5 Å². The predicted molar refractivity (Wildman–Crippen MR) is 165 cm³/mol. The van der Waals surface area contributed by atoms with E-state index in [1.54, 1.807) is 24.3 Å². The Morgan fingerprint density at radius 2 is 1.32 bits per heavy atom. The highest BCUT2D eigenvalue weighted by Crippen LogP contribution is 2.34. The molecule has 1 fully saturated rings. The lowest BCUT2D eigenvalue weighted by atomic mass is 9.95. The summed E-state index contributed by atoms with van der Waals surface area (Å²) in [7, 11) is 0. The molecule has 4 aromatic rings. The summed E-state index contributed by atoms with van der Waals surface area (Å²) in [4.78, 5) is 30.0. The number of piperazine rings is 1. The second-order valence-corrected chi connectivity index (χ2v) is 12.0. The number of carboxylic acid groups (broad SMARTS) is 1. The molecule has 1 aliphatic carbocycles. The fraction of sp³-hybridized carbons (Fsp3) is 0.257. The number of fused-ring (bicyclic) bond motifs is 1. The Bertz CT molecular complexity index is 1610. The molecular weight excluding hydrogens is 584 g/mol. The zero-order valence-electron chi connectivity index (χ0n) is 24.0. The molecule has 0 radical (unpaired) electrons. The number of hydrogen-bond acceptors (Lipinski definition) is 4. The maximum atomic E-state index is 13.7. The second-order valence-electron chi connectivity index (χ2n) is 11.6. The summed E-state index contributed by atoms with van der Waals surface area (Å²) in [6.45, 7) is 2.48. The van der Waals surface area contributed by atoms with Crippen molar-refractivity contribution in [2.45, 2.75) is 24.4 Å². The lowest BCUT2D eigenvalue weighted by Gasteiger charge is -2.40. The molecule has 4 aromatic carbocycles. The van der Waals surface area contributed by atoms with Gasteiger partial charge in [-0.1, -0.05) is 66.2 Å². The minimum atomic E-state index is -1.41. The van der Waals surface area contributed by atoms with Gasteiger partial charge in [-0.2, -0.15) is 0 Å². The molecule has 2 aliphatic rings. The van der Waals surface area contributed by atoms with Crippen LogP contribution in [0, 0.1) is 11.6 Å². The number of carbonyl (C=O) groups excluding carboxylic acids is 1. The van der Waals surface area contributed by atoms with Crippen molar-refractivity contribution in [3.8, 4) is 11.1 Å². The van der Waals surface area contributed by atoms with Crippen molar-refractivity contribution in [1.82, 2.24) is 15.1 Å². The highest BCUT2D eigenvalue weighted by atomic mass is 35.5. The first-order valence-corrected chi connectivity index (χ1v) is 15.0. The molecule has 9 heteroatoms. The van der Waals surface area contributed by atoms with Gasteiger partial charge in [0.05, 0.1) is 12.6 Å². The molecule has 1 aliphatic heterocycles. The minimum Gasteiger partial charge on any atom is -0.479 e. The average molecular weight is 616 g/mol. The number of rotatable bonds is 8. The van der Waals surface area contributed by atoms with E-state index >= 15 is 0 Å².